The van der Waals surface area contributed by atoms with Gasteiger partial charge in [-0.05, 0) is 30.5 Å². The van der Waals surface area contributed by atoms with Crippen LogP contribution in [0.25, 0.3) is 0 Å². The zero-order chi connectivity index (χ0) is 14.1. The molecule has 1 aromatic carbocycles. The second kappa shape index (κ2) is 8.70. The molecular formula is C16H24O3. The Bertz CT molecular complexity index is 370. The predicted molar refractivity (Wildman–Crippen MR) is 76.4 cm³/mol. The van der Waals surface area contributed by atoms with Crippen LogP contribution in [0.5, 0.6) is 0 Å². The zero-order valence-corrected chi connectivity index (χ0v) is 11.9. The topological polar surface area (TPSA) is 46.5 Å². The number of carbonyl (C=O) groups is 1. The van der Waals surface area contributed by atoms with Crippen molar-refractivity contribution in [3.05, 3.63) is 35.4 Å². The minimum Gasteiger partial charge on any atom is -0.478 e. The van der Waals surface area contributed by atoms with Crippen LogP contribution in [-0.2, 0) is 11.3 Å². The number of aromatic carboxylic acids is 1. The molecule has 1 N–H and O–H groups in total. The molecule has 1 unspecified atom stereocenters. The monoisotopic (exact) mass is 264 g/mol. The fraction of sp³-hybridized carbons (Fsp3) is 0.562. The molecule has 0 aliphatic heterocycles. The van der Waals surface area contributed by atoms with Gasteiger partial charge in [0.2, 0.25) is 0 Å². The molecule has 1 atom stereocenters. The van der Waals surface area contributed by atoms with E-state index in [1.165, 1.54) is 19.3 Å². The van der Waals surface area contributed by atoms with E-state index in [0.29, 0.717) is 18.3 Å². The molecule has 3 heteroatoms. The Morgan fingerprint density at radius 3 is 2.42 bits per heavy atom. The third kappa shape index (κ3) is 5.88. The minimum absolute atomic E-state index is 0.311. The van der Waals surface area contributed by atoms with Crippen LogP contribution >= 0.6 is 0 Å². The van der Waals surface area contributed by atoms with Gasteiger partial charge in [-0.25, -0.2) is 4.79 Å². The summed E-state index contributed by atoms with van der Waals surface area (Å²) in [6.07, 6.45) is 6.15. The Morgan fingerprint density at radius 2 is 1.89 bits per heavy atom. The van der Waals surface area contributed by atoms with Gasteiger partial charge in [0.15, 0.2) is 0 Å². The summed E-state index contributed by atoms with van der Waals surface area (Å²) in [6, 6.07) is 6.89. The van der Waals surface area contributed by atoms with Gasteiger partial charge in [-0.15, -0.1) is 0 Å². The molecule has 106 valence electrons. The number of benzene rings is 1. The third-order valence-corrected chi connectivity index (χ3v) is 3.27. The van der Waals surface area contributed by atoms with Crippen molar-refractivity contribution in [1.82, 2.24) is 0 Å². The molecule has 0 bridgehead atoms. The standard InChI is InChI=1S/C16H24O3/c1-3-5-6-7-15(4-2)19-12-13-8-10-14(11-9-13)16(17)18/h8-11,15H,3-7,12H2,1-2H3,(H,17,18). The van der Waals surface area contributed by atoms with Crippen molar-refractivity contribution in [2.24, 2.45) is 0 Å². The van der Waals surface area contributed by atoms with Gasteiger partial charge in [0.1, 0.15) is 0 Å². The summed E-state index contributed by atoms with van der Waals surface area (Å²) in [4.78, 5) is 10.7. The highest BCUT2D eigenvalue weighted by atomic mass is 16.5. The Morgan fingerprint density at radius 1 is 1.21 bits per heavy atom. The fourth-order valence-electron chi connectivity index (χ4n) is 1.98. The maximum atomic E-state index is 10.7. The van der Waals surface area contributed by atoms with Crippen molar-refractivity contribution >= 4 is 5.97 Å². The van der Waals surface area contributed by atoms with Crippen LogP contribution in [0.1, 0.15) is 61.9 Å². The number of hydrogen-bond donors (Lipinski definition) is 1. The number of rotatable bonds is 9. The summed E-state index contributed by atoms with van der Waals surface area (Å²) in [5.41, 5.74) is 1.35. The number of unbranched alkanes of at least 4 members (excludes halogenated alkanes) is 2. The van der Waals surface area contributed by atoms with E-state index in [1.807, 2.05) is 12.1 Å². The van der Waals surface area contributed by atoms with Crippen molar-refractivity contribution < 1.29 is 14.6 Å². The van der Waals surface area contributed by atoms with E-state index in [0.717, 1.165) is 18.4 Å². The number of ether oxygens (including phenoxy) is 1. The molecule has 0 amide bonds. The van der Waals surface area contributed by atoms with E-state index in [2.05, 4.69) is 13.8 Å². The highest BCUT2D eigenvalue weighted by Crippen LogP contribution is 2.13. The van der Waals surface area contributed by atoms with Crippen molar-refractivity contribution in [3.8, 4) is 0 Å². The van der Waals surface area contributed by atoms with E-state index < -0.39 is 5.97 Å². The van der Waals surface area contributed by atoms with E-state index in [1.54, 1.807) is 12.1 Å². The second-order valence-corrected chi connectivity index (χ2v) is 4.84. The lowest BCUT2D eigenvalue weighted by Gasteiger charge is -2.16. The van der Waals surface area contributed by atoms with Crippen molar-refractivity contribution in [3.63, 3.8) is 0 Å². The van der Waals surface area contributed by atoms with Crippen LogP contribution in [0.4, 0.5) is 0 Å². The molecule has 0 radical (unpaired) electrons. The highest BCUT2D eigenvalue weighted by Gasteiger charge is 2.07. The quantitative estimate of drug-likeness (QED) is 0.678. The molecule has 0 spiro atoms. The van der Waals surface area contributed by atoms with Gasteiger partial charge in [-0.3, -0.25) is 0 Å². The first-order valence-electron chi connectivity index (χ1n) is 7.11. The van der Waals surface area contributed by atoms with E-state index >= 15 is 0 Å². The molecule has 0 aliphatic carbocycles. The lowest BCUT2D eigenvalue weighted by molar-refractivity contribution is 0.0310. The largest absolute Gasteiger partial charge is 0.478 e. The minimum atomic E-state index is -0.890. The molecule has 1 aromatic rings. The predicted octanol–water partition coefficient (Wildman–Crippen LogP) is 4.26. The van der Waals surface area contributed by atoms with E-state index in [9.17, 15) is 4.79 Å². The smallest absolute Gasteiger partial charge is 0.335 e. The zero-order valence-electron chi connectivity index (χ0n) is 11.9. The Hall–Kier alpha value is -1.35. The summed E-state index contributed by atoms with van der Waals surface area (Å²) in [5, 5.41) is 8.82. The maximum absolute atomic E-state index is 10.7. The molecule has 0 fully saturated rings. The molecule has 19 heavy (non-hydrogen) atoms. The molecule has 0 saturated carbocycles. The maximum Gasteiger partial charge on any atom is 0.335 e. The molecule has 0 saturated heterocycles. The van der Waals surface area contributed by atoms with Gasteiger partial charge < -0.3 is 9.84 Å². The molecule has 1 rings (SSSR count). The lowest BCUT2D eigenvalue weighted by atomic mass is 10.1. The summed E-state index contributed by atoms with van der Waals surface area (Å²) in [5.74, 6) is -0.890. The summed E-state index contributed by atoms with van der Waals surface area (Å²) >= 11 is 0. The number of carboxylic acids is 1. The van der Waals surface area contributed by atoms with Crippen LogP contribution in [0, 0.1) is 0 Å². The summed E-state index contributed by atoms with van der Waals surface area (Å²) in [7, 11) is 0. The van der Waals surface area contributed by atoms with Crippen molar-refractivity contribution in [2.45, 2.75) is 58.7 Å². The van der Waals surface area contributed by atoms with Crippen LogP contribution in [-0.4, -0.2) is 17.2 Å². The fourth-order valence-corrected chi connectivity index (χ4v) is 1.98. The van der Waals surface area contributed by atoms with Gasteiger partial charge in [0, 0.05) is 0 Å². The first kappa shape index (κ1) is 15.7. The first-order chi connectivity index (χ1) is 9.17. The number of hydrogen-bond acceptors (Lipinski definition) is 2. The Kier molecular flexibility index (Phi) is 7.19. The SMILES string of the molecule is CCCCCC(CC)OCc1ccc(C(=O)O)cc1. The van der Waals surface area contributed by atoms with E-state index in [4.69, 9.17) is 9.84 Å². The van der Waals surface area contributed by atoms with Crippen LogP contribution in [0.15, 0.2) is 24.3 Å². The number of carboxylic acid groups (broad SMARTS) is 1. The van der Waals surface area contributed by atoms with Crippen LogP contribution in [0.2, 0.25) is 0 Å². The normalized spacial score (nSPS) is 12.3. The third-order valence-electron chi connectivity index (χ3n) is 3.27. The lowest BCUT2D eigenvalue weighted by Crippen LogP contribution is -2.11. The average Bonchev–Trinajstić information content (AvgIpc) is 2.43. The highest BCUT2D eigenvalue weighted by molar-refractivity contribution is 5.87. The molecule has 3 nitrogen and oxygen atoms in total. The first-order valence-corrected chi connectivity index (χ1v) is 7.11. The van der Waals surface area contributed by atoms with Gasteiger partial charge in [0.25, 0.3) is 0 Å². The van der Waals surface area contributed by atoms with Gasteiger partial charge in [-0.2, -0.15) is 0 Å². The summed E-state index contributed by atoms with van der Waals surface area (Å²) in [6.45, 7) is 4.90. The molecule has 0 aliphatic rings. The van der Waals surface area contributed by atoms with Gasteiger partial charge >= 0.3 is 5.97 Å². The van der Waals surface area contributed by atoms with Crippen LogP contribution in [0.3, 0.4) is 0 Å². The van der Waals surface area contributed by atoms with E-state index in [-0.39, 0.29) is 0 Å². The molecule has 0 heterocycles. The summed E-state index contributed by atoms with van der Waals surface area (Å²) < 4.78 is 5.88. The Labute approximate surface area is 115 Å². The van der Waals surface area contributed by atoms with Crippen molar-refractivity contribution in [2.75, 3.05) is 0 Å². The van der Waals surface area contributed by atoms with Gasteiger partial charge in [0.05, 0.1) is 18.3 Å². The van der Waals surface area contributed by atoms with Crippen molar-refractivity contribution in [1.29, 1.82) is 0 Å². The second-order valence-electron chi connectivity index (χ2n) is 4.84. The average molecular weight is 264 g/mol. The van der Waals surface area contributed by atoms with Gasteiger partial charge in [-0.1, -0.05) is 45.2 Å². The molecule has 0 aromatic heterocycles. The van der Waals surface area contributed by atoms with Crippen LogP contribution < -0.4 is 0 Å². The molecular weight excluding hydrogens is 240 g/mol. The Balaban J connectivity index is 2.39.